The average molecular weight is 402 g/mol. The molecule has 0 radical (unpaired) electrons. The van der Waals surface area contributed by atoms with Gasteiger partial charge in [0.15, 0.2) is 6.29 Å². The number of urea groups is 1. The zero-order valence-corrected chi connectivity index (χ0v) is 16.8. The molecule has 4 amide bonds. The highest BCUT2D eigenvalue weighted by Crippen LogP contribution is 2.38. The van der Waals surface area contributed by atoms with Crippen molar-refractivity contribution in [3.63, 3.8) is 0 Å². The minimum atomic E-state index is -0.606. The number of hydrazine groups is 1. The van der Waals surface area contributed by atoms with Crippen LogP contribution in [-0.4, -0.2) is 64.1 Å². The normalized spacial score (nSPS) is 30.0. The number of amides is 4. The SMILES string of the molecule is N#CCN1NC2N(CCC(=O)NC3CCCCC3)C(=O)C3CCCCC3N2C1=O. The zero-order chi connectivity index (χ0) is 20.4. The first-order valence-corrected chi connectivity index (χ1v) is 10.9. The number of nitrogens with zero attached hydrogens (tertiary/aromatic N) is 4. The Morgan fingerprint density at radius 2 is 1.83 bits per heavy atom. The van der Waals surface area contributed by atoms with Gasteiger partial charge in [-0.15, -0.1) is 0 Å². The lowest BCUT2D eigenvalue weighted by atomic mass is 9.81. The number of hydrogen-bond donors (Lipinski definition) is 2. The van der Waals surface area contributed by atoms with Crippen molar-refractivity contribution in [2.45, 2.75) is 82.6 Å². The lowest BCUT2D eigenvalue weighted by Gasteiger charge is -2.48. The van der Waals surface area contributed by atoms with Gasteiger partial charge in [-0.3, -0.25) is 14.5 Å². The highest BCUT2D eigenvalue weighted by atomic mass is 16.2. The summed E-state index contributed by atoms with van der Waals surface area (Å²) < 4.78 is 0. The van der Waals surface area contributed by atoms with E-state index >= 15 is 0 Å². The molecular formula is C20H30N6O3. The molecule has 0 spiro atoms. The molecule has 2 saturated carbocycles. The number of carbonyl (C=O) groups excluding carboxylic acids is 3. The summed E-state index contributed by atoms with van der Waals surface area (Å²) in [5.41, 5.74) is 3.02. The van der Waals surface area contributed by atoms with Gasteiger partial charge in [0.25, 0.3) is 0 Å². The van der Waals surface area contributed by atoms with Gasteiger partial charge in [-0.1, -0.05) is 32.1 Å². The molecule has 2 heterocycles. The van der Waals surface area contributed by atoms with Gasteiger partial charge >= 0.3 is 6.03 Å². The predicted molar refractivity (Wildman–Crippen MR) is 104 cm³/mol. The molecule has 2 aliphatic carbocycles. The minimum absolute atomic E-state index is 0.0144. The molecule has 3 unspecified atom stereocenters. The van der Waals surface area contributed by atoms with E-state index in [0.29, 0.717) is 0 Å². The van der Waals surface area contributed by atoms with Gasteiger partial charge in [-0.2, -0.15) is 10.7 Å². The lowest BCUT2D eigenvalue weighted by Crippen LogP contribution is -2.66. The van der Waals surface area contributed by atoms with Crippen LogP contribution in [0.25, 0.3) is 0 Å². The highest BCUT2D eigenvalue weighted by molar-refractivity contribution is 5.86. The van der Waals surface area contributed by atoms with Crippen LogP contribution in [0.3, 0.4) is 0 Å². The van der Waals surface area contributed by atoms with E-state index in [2.05, 4.69) is 10.7 Å². The molecule has 9 nitrogen and oxygen atoms in total. The van der Waals surface area contributed by atoms with Gasteiger partial charge in [-0.25, -0.2) is 9.80 Å². The molecule has 4 rings (SSSR count). The number of nitrogens with one attached hydrogen (secondary N) is 2. The molecule has 2 aliphatic heterocycles. The summed E-state index contributed by atoms with van der Waals surface area (Å²) in [6.07, 6.45) is 8.72. The molecule has 4 aliphatic rings. The maximum Gasteiger partial charge on any atom is 0.338 e. The Balaban J connectivity index is 1.44. The largest absolute Gasteiger partial charge is 0.353 e. The van der Waals surface area contributed by atoms with E-state index in [1.54, 1.807) is 9.80 Å². The smallest absolute Gasteiger partial charge is 0.338 e. The quantitative estimate of drug-likeness (QED) is 0.673. The van der Waals surface area contributed by atoms with Crippen LogP contribution in [0, 0.1) is 17.2 Å². The molecule has 0 aromatic carbocycles. The molecule has 29 heavy (non-hydrogen) atoms. The predicted octanol–water partition coefficient (Wildman–Crippen LogP) is 1.28. The monoisotopic (exact) mass is 402 g/mol. The van der Waals surface area contributed by atoms with Crippen molar-refractivity contribution in [3.05, 3.63) is 0 Å². The number of hydrogen-bond acceptors (Lipinski definition) is 5. The Bertz CT molecular complexity index is 701. The second kappa shape index (κ2) is 8.57. The molecule has 0 aromatic rings. The minimum Gasteiger partial charge on any atom is -0.353 e. The Morgan fingerprint density at radius 1 is 1.10 bits per heavy atom. The van der Waals surface area contributed by atoms with Gasteiger partial charge in [0.1, 0.15) is 6.54 Å². The average Bonchev–Trinajstić information content (AvgIpc) is 3.05. The number of fused-ring (bicyclic) bond motifs is 3. The van der Waals surface area contributed by atoms with Crippen molar-refractivity contribution in [1.82, 2.24) is 25.6 Å². The van der Waals surface area contributed by atoms with Crippen LogP contribution in [0.5, 0.6) is 0 Å². The third-order valence-corrected chi connectivity index (χ3v) is 6.75. The van der Waals surface area contributed by atoms with Crippen LogP contribution in [0.4, 0.5) is 4.79 Å². The van der Waals surface area contributed by atoms with Gasteiger partial charge in [-0.05, 0) is 25.7 Å². The van der Waals surface area contributed by atoms with Crippen molar-refractivity contribution >= 4 is 17.8 Å². The maximum atomic E-state index is 13.2. The first-order chi connectivity index (χ1) is 14.1. The summed E-state index contributed by atoms with van der Waals surface area (Å²) in [7, 11) is 0. The maximum absolute atomic E-state index is 13.2. The van der Waals surface area contributed by atoms with E-state index in [-0.39, 0.29) is 55.4 Å². The Kier molecular flexibility index (Phi) is 5.90. The summed E-state index contributed by atoms with van der Waals surface area (Å²) >= 11 is 0. The summed E-state index contributed by atoms with van der Waals surface area (Å²) in [6, 6.07) is 1.85. The molecule has 2 saturated heterocycles. The molecule has 9 heteroatoms. The second-order valence-electron chi connectivity index (χ2n) is 8.58. The van der Waals surface area contributed by atoms with Crippen molar-refractivity contribution in [3.8, 4) is 6.07 Å². The van der Waals surface area contributed by atoms with Crippen molar-refractivity contribution in [2.24, 2.45) is 5.92 Å². The van der Waals surface area contributed by atoms with Crippen LogP contribution in [-0.2, 0) is 9.59 Å². The van der Waals surface area contributed by atoms with Gasteiger partial charge in [0.2, 0.25) is 11.8 Å². The van der Waals surface area contributed by atoms with Crippen LogP contribution in [0.15, 0.2) is 0 Å². The Labute approximate surface area is 171 Å². The third-order valence-electron chi connectivity index (χ3n) is 6.75. The molecule has 3 atom stereocenters. The first-order valence-electron chi connectivity index (χ1n) is 10.9. The van der Waals surface area contributed by atoms with Crippen LogP contribution in [0.2, 0.25) is 0 Å². The third kappa shape index (κ3) is 3.90. The fourth-order valence-corrected chi connectivity index (χ4v) is 5.29. The topological polar surface area (TPSA) is 109 Å². The highest BCUT2D eigenvalue weighted by Gasteiger charge is 2.54. The molecule has 0 bridgehead atoms. The summed E-state index contributed by atoms with van der Waals surface area (Å²) in [5, 5.41) is 13.4. The molecule has 4 fully saturated rings. The summed E-state index contributed by atoms with van der Waals surface area (Å²) in [5.74, 6) is -0.241. The van der Waals surface area contributed by atoms with E-state index in [4.69, 9.17) is 5.26 Å². The fraction of sp³-hybridized carbons (Fsp3) is 0.800. The molecule has 2 N–H and O–H groups in total. The number of nitriles is 1. The number of carbonyl (C=O) groups is 3. The summed E-state index contributed by atoms with van der Waals surface area (Å²) in [6.45, 7) is 0.190. The molecule has 158 valence electrons. The van der Waals surface area contributed by atoms with Crippen molar-refractivity contribution in [2.75, 3.05) is 13.1 Å². The van der Waals surface area contributed by atoms with E-state index in [1.807, 2.05) is 6.07 Å². The summed E-state index contributed by atoms with van der Waals surface area (Å²) in [4.78, 5) is 41.9. The van der Waals surface area contributed by atoms with Crippen LogP contribution < -0.4 is 10.7 Å². The van der Waals surface area contributed by atoms with Gasteiger partial charge < -0.3 is 10.2 Å². The number of rotatable bonds is 5. The standard InChI is InChI=1S/C20H30N6O3/c21-11-13-25-20(29)26-16-9-5-4-8-15(16)18(28)24(19(26)23-25)12-10-17(27)22-14-6-2-1-3-7-14/h14-16,19,23H,1-10,12-13H2,(H,22,27). The van der Waals surface area contributed by atoms with Crippen molar-refractivity contribution < 1.29 is 14.4 Å². The van der Waals surface area contributed by atoms with E-state index in [1.165, 1.54) is 11.4 Å². The molecule has 0 aromatic heterocycles. The van der Waals surface area contributed by atoms with E-state index < -0.39 is 6.29 Å². The first kappa shape index (κ1) is 20.0. The van der Waals surface area contributed by atoms with Crippen molar-refractivity contribution in [1.29, 1.82) is 5.26 Å². The zero-order valence-electron chi connectivity index (χ0n) is 16.8. The lowest BCUT2D eigenvalue weighted by molar-refractivity contribution is -0.156. The van der Waals surface area contributed by atoms with Gasteiger partial charge in [0, 0.05) is 25.0 Å². The van der Waals surface area contributed by atoms with E-state index in [0.717, 1.165) is 51.4 Å². The fourth-order valence-electron chi connectivity index (χ4n) is 5.29. The Morgan fingerprint density at radius 3 is 2.59 bits per heavy atom. The van der Waals surface area contributed by atoms with Gasteiger partial charge in [0.05, 0.1) is 12.0 Å². The van der Waals surface area contributed by atoms with Crippen LogP contribution in [0.1, 0.15) is 64.2 Å². The second-order valence-corrected chi connectivity index (χ2v) is 8.58. The Hall–Kier alpha value is -2.34. The molecular weight excluding hydrogens is 372 g/mol. The van der Waals surface area contributed by atoms with Crippen LogP contribution >= 0.6 is 0 Å². The van der Waals surface area contributed by atoms with E-state index in [9.17, 15) is 14.4 Å².